The summed E-state index contributed by atoms with van der Waals surface area (Å²) in [6, 6.07) is 0.937. The van der Waals surface area contributed by atoms with Crippen LogP contribution >= 0.6 is 0 Å². The van der Waals surface area contributed by atoms with E-state index in [9.17, 15) is 9.59 Å². The fourth-order valence-electron chi connectivity index (χ4n) is 4.48. The van der Waals surface area contributed by atoms with Crippen LogP contribution in [-0.2, 0) is 9.59 Å². The zero-order valence-electron chi connectivity index (χ0n) is 13.9. The van der Waals surface area contributed by atoms with Gasteiger partial charge in [-0.1, -0.05) is 38.5 Å². The van der Waals surface area contributed by atoms with Crippen molar-refractivity contribution in [3.63, 3.8) is 0 Å². The van der Waals surface area contributed by atoms with Crippen molar-refractivity contribution in [3.8, 4) is 0 Å². The predicted molar refractivity (Wildman–Crippen MR) is 86.3 cm³/mol. The maximum absolute atomic E-state index is 13.1. The minimum absolute atomic E-state index is 0.0627. The zero-order valence-corrected chi connectivity index (χ0v) is 13.9. The van der Waals surface area contributed by atoms with Gasteiger partial charge >= 0.3 is 0 Å². The summed E-state index contributed by atoms with van der Waals surface area (Å²) in [6.07, 6.45) is 12.5. The lowest BCUT2D eigenvalue weighted by Crippen LogP contribution is -2.59. The molecule has 124 valence electrons. The summed E-state index contributed by atoms with van der Waals surface area (Å²) in [7, 11) is 0. The van der Waals surface area contributed by atoms with Gasteiger partial charge in [0.1, 0.15) is 0 Å². The SMILES string of the molecule is CC(=O)N1CC(C(=O)N(C2CCCCC2)C2CCCCC2)C1. The van der Waals surface area contributed by atoms with Gasteiger partial charge < -0.3 is 9.80 Å². The molecule has 4 nitrogen and oxygen atoms in total. The van der Waals surface area contributed by atoms with Gasteiger partial charge in [-0.15, -0.1) is 0 Å². The van der Waals surface area contributed by atoms with Crippen LogP contribution < -0.4 is 0 Å². The van der Waals surface area contributed by atoms with Crippen LogP contribution in [-0.4, -0.2) is 46.8 Å². The lowest BCUT2D eigenvalue weighted by Gasteiger charge is -2.47. The summed E-state index contributed by atoms with van der Waals surface area (Å²) in [5, 5.41) is 0. The summed E-state index contributed by atoms with van der Waals surface area (Å²) in [4.78, 5) is 28.5. The van der Waals surface area contributed by atoms with Gasteiger partial charge in [-0.25, -0.2) is 0 Å². The van der Waals surface area contributed by atoms with Crippen molar-refractivity contribution in [2.24, 2.45) is 5.92 Å². The number of carbonyl (C=O) groups is 2. The van der Waals surface area contributed by atoms with Gasteiger partial charge in [-0.2, -0.15) is 0 Å². The highest BCUT2D eigenvalue weighted by Crippen LogP contribution is 2.32. The third-order valence-electron chi connectivity index (χ3n) is 5.87. The molecule has 0 radical (unpaired) electrons. The predicted octanol–water partition coefficient (Wildman–Crippen LogP) is 2.96. The Morgan fingerprint density at radius 1 is 0.818 bits per heavy atom. The number of hydrogen-bond donors (Lipinski definition) is 0. The number of nitrogens with zero attached hydrogens (tertiary/aromatic N) is 2. The van der Waals surface area contributed by atoms with E-state index in [1.54, 1.807) is 11.8 Å². The van der Waals surface area contributed by atoms with Crippen molar-refractivity contribution in [2.45, 2.75) is 83.2 Å². The lowest BCUT2D eigenvalue weighted by atomic mass is 9.86. The topological polar surface area (TPSA) is 40.6 Å². The van der Waals surface area contributed by atoms with Gasteiger partial charge in [0.15, 0.2) is 0 Å². The summed E-state index contributed by atoms with van der Waals surface area (Å²) in [5.41, 5.74) is 0. The van der Waals surface area contributed by atoms with Crippen LogP contribution in [0.4, 0.5) is 0 Å². The molecular weight excluding hydrogens is 276 g/mol. The molecule has 4 heteroatoms. The van der Waals surface area contributed by atoms with E-state index in [1.165, 1.54) is 64.2 Å². The maximum Gasteiger partial charge on any atom is 0.229 e. The highest BCUT2D eigenvalue weighted by Gasteiger charge is 2.41. The largest absolute Gasteiger partial charge is 0.341 e. The van der Waals surface area contributed by atoms with Crippen LogP contribution in [0.1, 0.15) is 71.1 Å². The monoisotopic (exact) mass is 306 g/mol. The highest BCUT2D eigenvalue weighted by atomic mass is 16.2. The molecular formula is C18H30N2O2. The van der Waals surface area contributed by atoms with Crippen molar-refractivity contribution in [1.29, 1.82) is 0 Å². The molecule has 1 heterocycles. The van der Waals surface area contributed by atoms with Crippen LogP contribution in [0, 0.1) is 5.92 Å². The Labute approximate surface area is 134 Å². The van der Waals surface area contributed by atoms with Crippen LogP contribution in [0.3, 0.4) is 0 Å². The molecule has 0 aromatic heterocycles. The number of likely N-dealkylation sites (tertiary alicyclic amines) is 1. The first-order valence-electron chi connectivity index (χ1n) is 9.24. The van der Waals surface area contributed by atoms with E-state index in [4.69, 9.17) is 0 Å². The average molecular weight is 306 g/mol. The van der Waals surface area contributed by atoms with E-state index in [1.807, 2.05) is 0 Å². The third-order valence-corrected chi connectivity index (χ3v) is 5.87. The van der Waals surface area contributed by atoms with Crippen molar-refractivity contribution in [2.75, 3.05) is 13.1 Å². The van der Waals surface area contributed by atoms with Crippen molar-refractivity contribution < 1.29 is 9.59 Å². The van der Waals surface area contributed by atoms with Crippen molar-refractivity contribution in [1.82, 2.24) is 9.80 Å². The number of rotatable bonds is 3. The molecule has 2 aliphatic carbocycles. The molecule has 0 aromatic rings. The molecule has 22 heavy (non-hydrogen) atoms. The first kappa shape index (κ1) is 15.8. The molecule has 0 aromatic carbocycles. The molecule has 2 saturated carbocycles. The smallest absolute Gasteiger partial charge is 0.229 e. The lowest BCUT2D eigenvalue weighted by molar-refractivity contribution is -0.152. The van der Waals surface area contributed by atoms with E-state index in [2.05, 4.69) is 4.90 Å². The van der Waals surface area contributed by atoms with Crippen LogP contribution in [0.25, 0.3) is 0 Å². The maximum atomic E-state index is 13.1. The van der Waals surface area contributed by atoms with Gasteiger partial charge in [0, 0.05) is 32.1 Å². The zero-order chi connectivity index (χ0) is 15.5. The normalized spacial score (nSPS) is 24.9. The van der Waals surface area contributed by atoms with Crippen molar-refractivity contribution in [3.05, 3.63) is 0 Å². The molecule has 3 rings (SSSR count). The number of hydrogen-bond acceptors (Lipinski definition) is 2. The van der Waals surface area contributed by atoms with E-state index < -0.39 is 0 Å². The Kier molecular flexibility index (Phi) is 5.04. The Bertz CT molecular complexity index is 387. The van der Waals surface area contributed by atoms with Gasteiger partial charge in [-0.05, 0) is 25.7 Å². The average Bonchev–Trinajstić information content (AvgIpc) is 2.48. The fourth-order valence-corrected chi connectivity index (χ4v) is 4.48. The molecule has 0 N–H and O–H groups in total. The summed E-state index contributed by atoms with van der Waals surface area (Å²) in [5.74, 6) is 0.509. The molecule has 0 spiro atoms. The molecule has 0 unspecified atom stereocenters. The molecule has 1 saturated heterocycles. The molecule has 2 amide bonds. The number of carbonyl (C=O) groups excluding carboxylic acids is 2. The van der Waals surface area contributed by atoms with Gasteiger partial charge in [0.25, 0.3) is 0 Å². The van der Waals surface area contributed by atoms with E-state index >= 15 is 0 Å². The Hall–Kier alpha value is -1.06. The second-order valence-electron chi connectivity index (χ2n) is 7.45. The van der Waals surface area contributed by atoms with Crippen LogP contribution in [0.15, 0.2) is 0 Å². The van der Waals surface area contributed by atoms with E-state index in [-0.39, 0.29) is 11.8 Å². The standard InChI is InChI=1S/C18H30N2O2/c1-14(21)19-12-15(13-19)18(22)20(16-8-4-2-5-9-16)17-10-6-3-7-11-17/h15-17H,2-13H2,1H3. The van der Waals surface area contributed by atoms with Crippen LogP contribution in [0.2, 0.25) is 0 Å². The molecule has 3 aliphatic rings. The first-order valence-corrected chi connectivity index (χ1v) is 9.24. The third kappa shape index (κ3) is 3.31. The minimum atomic E-state index is 0.0627. The second kappa shape index (κ2) is 7.01. The molecule has 3 fully saturated rings. The summed E-state index contributed by atoms with van der Waals surface area (Å²) in [6.45, 7) is 2.88. The van der Waals surface area contributed by atoms with Gasteiger partial charge in [0.05, 0.1) is 5.92 Å². The fraction of sp³-hybridized carbons (Fsp3) is 0.889. The summed E-state index contributed by atoms with van der Waals surface area (Å²) < 4.78 is 0. The van der Waals surface area contributed by atoms with E-state index in [0.29, 0.717) is 31.1 Å². The second-order valence-corrected chi connectivity index (χ2v) is 7.45. The first-order chi connectivity index (χ1) is 10.7. The summed E-state index contributed by atoms with van der Waals surface area (Å²) >= 11 is 0. The Balaban J connectivity index is 1.67. The molecule has 0 atom stereocenters. The quantitative estimate of drug-likeness (QED) is 0.804. The minimum Gasteiger partial charge on any atom is -0.341 e. The van der Waals surface area contributed by atoms with E-state index in [0.717, 1.165) is 0 Å². The Morgan fingerprint density at radius 2 is 1.27 bits per heavy atom. The van der Waals surface area contributed by atoms with Gasteiger partial charge in [0.2, 0.25) is 11.8 Å². The molecule has 1 aliphatic heterocycles. The van der Waals surface area contributed by atoms with Crippen LogP contribution in [0.5, 0.6) is 0 Å². The number of amides is 2. The van der Waals surface area contributed by atoms with Gasteiger partial charge in [-0.3, -0.25) is 9.59 Å². The highest BCUT2D eigenvalue weighted by molar-refractivity contribution is 5.84. The van der Waals surface area contributed by atoms with Crippen molar-refractivity contribution >= 4 is 11.8 Å². The Morgan fingerprint density at radius 3 is 1.68 bits per heavy atom. The molecule has 0 bridgehead atoms.